The number of benzene rings is 1. The van der Waals surface area contributed by atoms with Crippen molar-refractivity contribution in [1.29, 1.82) is 0 Å². The van der Waals surface area contributed by atoms with Crippen molar-refractivity contribution in [3.05, 3.63) is 45.8 Å². The normalized spacial score (nSPS) is 15.4. The summed E-state index contributed by atoms with van der Waals surface area (Å²) in [6, 6.07) is 6.61. The van der Waals surface area contributed by atoms with Crippen LogP contribution in [-0.4, -0.2) is 13.1 Å². The summed E-state index contributed by atoms with van der Waals surface area (Å²) in [5.74, 6) is 0. The van der Waals surface area contributed by atoms with Gasteiger partial charge in [0.15, 0.2) is 0 Å². The molecular formula is C13H16BrN. The highest BCUT2D eigenvalue weighted by atomic mass is 79.9. The van der Waals surface area contributed by atoms with Crippen LogP contribution >= 0.6 is 15.9 Å². The summed E-state index contributed by atoms with van der Waals surface area (Å²) >= 11 is 3.47. The average molecular weight is 266 g/mol. The van der Waals surface area contributed by atoms with Crippen molar-refractivity contribution in [2.75, 3.05) is 7.05 Å². The van der Waals surface area contributed by atoms with E-state index < -0.39 is 0 Å². The van der Waals surface area contributed by atoms with Gasteiger partial charge in [-0.25, -0.2) is 0 Å². The second-order valence-corrected chi connectivity index (χ2v) is 4.34. The van der Waals surface area contributed by atoms with Gasteiger partial charge in [0.2, 0.25) is 0 Å². The Balaban J connectivity index is 3.35. The fourth-order valence-corrected chi connectivity index (χ4v) is 1.70. The molecule has 1 nitrogen and oxygen atoms in total. The third-order valence-corrected chi connectivity index (χ3v) is 2.72. The molecule has 0 heterocycles. The van der Waals surface area contributed by atoms with Gasteiger partial charge in [0.25, 0.3) is 0 Å². The van der Waals surface area contributed by atoms with E-state index in [1.54, 1.807) is 0 Å². The van der Waals surface area contributed by atoms with Crippen LogP contribution in [0.15, 0.2) is 35.3 Å². The number of nitrogens with one attached hydrogen (secondary N) is 1. The number of rotatable bonds is 3. The fourth-order valence-electron chi connectivity index (χ4n) is 1.32. The van der Waals surface area contributed by atoms with Gasteiger partial charge in [-0.1, -0.05) is 46.8 Å². The minimum absolute atomic E-state index is 0.364. The van der Waals surface area contributed by atoms with Crippen molar-refractivity contribution in [3.63, 3.8) is 0 Å². The molecule has 2 heteroatoms. The minimum atomic E-state index is 0.364. The molecule has 0 fully saturated rings. The Labute approximate surface area is 99.3 Å². The summed E-state index contributed by atoms with van der Waals surface area (Å²) < 4.78 is 1.09. The molecule has 1 N–H and O–H groups in total. The predicted molar refractivity (Wildman–Crippen MR) is 71.0 cm³/mol. The van der Waals surface area contributed by atoms with Crippen molar-refractivity contribution in [2.45, 2.75) is 13.0 Å². The maximum Gasteiger partial charge on any atom is 0.0227 e. The monoisotopic (exact) mass is 265 g/mol. The summed E-state index contributed by atoms with van der Waals surface area (Å²) in [6.45, 7) is 5.85. The molecule has 0 aliphatic carbocycles. The molecule has 1 unspecified atom stereocenters. The van der Waals surface area contributed by atoms with Gasteiger partial charge >= 0.3 is 0 Å². The summed E-state index contributed by atoms with van der Waals surface area (Å²) in [7, 11) is 1.96. The smallest absolute Gasteiger partial charge is 0.0227 e. The quantitative estimate of drug-likeness (QED) is 0.879. The zero-order valence-corrected chi connectivity index (χ0v) is 10.7. The second kappa shape index (κ2) is 5.89. The molecule has 0 saturated heterocycles. The van der Waals surface area contributed by atoms with Crippen LogP contribution in [0.2, 0.25) is 0 Å². The van der Waals surface area contributed by atoms with E-state index in [1.807, 2.05) is 19.2 Å². The number of allylic oxidation sites excluding steroid dienone is 1. The van der Waals surface area contributed by atoms with Gasteiger partial charge in [0.1, 0.15) is 0 Å². The van der Waals surface area contributed by atoms with E-state index in [2.05, 4.69) is 59.0 Å². The van der Waals surface area contributed by atoms with E-state index in [4.69, 9.17) is 0 Å². The van der Waals surface area contributed by atoms with Gasteiger partial charge in [-0.3, -0.25) is 0 Å². The third-order valence-electron chi connectivity index (χ3n) is 2.23. The lowest BCUT2D eigenvalue weighted by Crippen LogP contribution is -2.29. The van der Waals surface area contributed by atoms with E-state index >= 15 is 0 Å². The van der Waals surface area contributed by atoms with E-state index in [9.17, 15) is 0 Å². The summed E-state index contributed by atoms with van der Waals surface area (Å²) in [5, 5.41) is 5.59. The molecule has 0 saturated carbocycles. The number of hydrogen-bond donors (Lipinski definition) is 1. The molecule has 1 rings (SSSR count). The van der Waals surface area contributed by atoms with Crippen molar-refractivity contribution >= 4 is 28.1 Å². The van der Waals surface area contributed by atoms with Crippen LogP contribution < -0.4 is 15.8 Å². The van der Waals surface area contributed by atoms with Gasteiger partial charge in [-0.2, -0.15) is 0 Å². The lowest BCUT2D eigenvalue weighted by atomic mass is 10.2. The van der Waals surface area contributed by atoms with Crippen LogP contribution in [0.5, 0.6) is 0 Å². The molecule has 1 atom stereocenters. The molecular weight excluding hydrogens is 250 g/mol. The molecule has 0 aliphatic rings. The number of halogens is 1. The van der Waals surface area contributed by atoms with Crippen LogP contribution in [0, 0.1) is 0 Å². The molecule has 0 radical (unpaired) electrons. The summed E-state index contributed by atoms with van der Waals surface area (Å²) in [5.41, 5.74) is 0. The first-order valence-corrected chi connectivity index (χ1v) is 5.74. The Morgan fingerprint density at radius 2 is 2.13 bits per heavy atom. The first kappa shape index (κ1) is 12.2. The molecule has 0 aromatic heterocycles. The number of hydrogen-bond acceptors (Lipinski definition) is 1. The fraction of sp³-hybridized carbons (Fsp3) is 0.231. The predicted octanol–water partition coefficient (Wildman–Crippen LogP) is 1.80. The van der Waals surface area contributed by atoms with Crippen LogP contribution in [0.25, 0.3) is 12.2 Å². The summed E-state index contributed by atoms with van der Waals surface area (Å²) in [6.07, 6.45) is 6.02. The van der Waals surface area contributed by atoms with E-state index in [1.165, 1.54) is 10.4 Å². The molecule has 0 spiro atoms. The molecule has 15 heavy (non-hydrogen) atoms. The SMILES string of the molecule is C=C/C=c1/cc(Br)cc/c1=C/C(C)NC. The Morgan fingerprint density at radius 1 is 1.40 bits per heavy atom. The van der Waals surface area contributed by atoms with Gasteiger partial charge in [-0.05, 0) is 36.5 Å². The third kappa shape index (κ3) is 3.65. The molecule has 0 bridgehead atoms. The Bertz CT molecular complexity index is 448. The van der Waals surface area contributed by atoms with Crippen molar-refractivity contribution in [3.8, 4) is 0 Å². The van der Waals surface area contributed by atoms with E-state index in [-0.39, 0.29) is 0 Å². The Kier molecular flexibility index (Phi) is 4.79. The van der Waals surface area contributed by atoms with Crippen LogP contribution in [0.4, 0.5) is 0 Å². The molecule has 80 valence electrons. The minimum Gasteiger partial charge on any atom is -0.314 e. The Morgan fingerprint density at radius 3 is 2.73 bits per heavy atom. The highest BCUT2D eigenvalue weighted by Gasteiger charge is 1.92. The van der Waals surface area contributed by atoms with Crippen LogP contribution in [0.1, 0.15) is 6.92 Å². The molecule has 1 aromatic carbocycles. The zero-order chi connectivity index (χ0) is 11.3. The van der Waals surface area contributed by atoms with Crippen molar-refractivity contribution in [1.82, 2.24) is 5.32 Å². The molecule has 1 aromatic rings. The van der Waals surface area contributed by atoms with Crippen molar-refractivity contribution < 1.29 is 0 Å². The van der Waals surface area contributed by atoms with Gasteiger partial charge in [0, 0.05) is 10.5 Å². The average Bonchev–Trinajstić information content (AvgIpc) is 2.22. The maximum absolute atomic E-state index is 3.73. The first-order chi connectivity index (χ1) is 7.17. The Hall–Kier alpha value is -0.860. The largest absolute Gasteiger partial charge is 0.314 e. The zero-order valence-electron chi connectivity index (χ0n) is 9.13. The van der Waals surface area contributed by atoms with Gasteiger partial charge < -0.3 is 5.32 Å². The van der Waals surface area contributed by atoms with Gasteiger partial charge in [0.05, 0.1) is 0 Å². The van der Waals surface area contributed by atoms with Gasteiger partial charge in [-0.15, -0.1) is 0 Å². The van der Waals surface area contributed by atoms with E-state index in [0.29, 0.717) is 6.04 Å². The first-order valence-electron chi connectivity index (χ1n) is 4.95. The molecule has 0 aliphatic heterocycles. The summed E-state index contributed by atoms with van der Waals surface area (Å²) in [4.78, 5) is 0. The highest BCUT2D eigenvalue weighted by Crippen LogP contribution is 2.01. The second-order valence-electron chi connectivity index (χ2n) is 3.42. The lowest BCUT2D eigenvalue weighted by molar-refractivity contribution is 0.758. The van der Waals surface area contributed by atoms with Crippen LogP contribution in [-0.2, 0) is 0 Å². The maximum atomic E-state index is 3.73. The van der Waals surface area contributed by atoms with E-state index in [0.717, 1.165) is 4.47 Å². The highest BCUT2D eigenvalue weighted by molar-refractivity contribution is 9.10. The topological polar surface area (TPSA) is 12.0 Å². The van der Waals surface area contributed by atoms with Crippen molar-refractivity contribution in [2.24, 2.45) is 0 Å². The standard InChI is InChI=1S/C13H16BrN/c1-4-5-11-9-13(14)7-6-12(11)8-10(2)15-3/h4-10,15H,1H2,2-3H3/b11-5-,12-8-. The molecule has 0 amide bonds. The van der Waals surface area contributed by atoms with Crippen LogP contribution in [0.3, 0.4) is 0 Å². The lowest BCUT2D eigenvalue weighted by Gasteiger charge is -2.02.